The summed E-state index contributed by atoms with van der Waals surface area (Å²) in [5.41, 5.74) is 1.05. The highest BCUT2D eigenvalue weighted by atomic mass is 79.9. The van der Waals surface area contributed by atoms with Crippen molar-refractivity contribution in [3.63, 3.8) is 0 Å². The summed E-state index contributed by atoms with van der Waals surface area (Å²) >= 11 is 15.6. The van der Waals surface area contributed by atoms with Crippen molar-refractivity contribution in [2.24, 2.45) is 0 Å². The molecular weight excluding hydrogens is 361 g/mol. The van der Waals surface area contributed by atoms with Crippen LogP contribution in [0, 0.1) is 0 Å². The molecule has 0 fully saturated rings. The molecule has 2 aromatic carbocycles. The number of hydrogen-bond acceptors (Lipinski definition) is 2. The second kappa shape index (κ2) is 6.81. The zero-order valence-corrected chi connectivity index (χ0v) is 14.2. The molecule has 2 rings (SSSR count). The van der Waals surface area contributed by atoms with E-state index in [2.05, 4.69) is 28.2 Å². The first kappa shape index (κ1) is 15.6. The van der Waals surface area contributed by atoms with Crippen LogP contribution in [0.1, 0.15) is 18.5 Å². The van der Waals surface area contributed by atoms with Crippen molar-refractivity contribution in [3.05, 3.63) is 56.5 Å². The normalized spacial score (nSPS) is 12.2. The molecule has 0 amide bonds. The lowest BCUT2D eigenvalue weighted by Gasteiger charge is -2.17. The van der Waals surface area contributed by atoms with E-state index in [9.17, 15) is 0 Å². The Bertz CT molecular complexity index is 619. The molecule has 0 aromatic heterocycles. The molecule has 20 heavy (non-hydrogen) atoms. The molecule has 0 saturated carbocycles. The van der Waals surface area contributed by atoms with Crippen LogP contribution in [0.5, 0.6) is 11.5 Å². The van der Waals surface area contributed by atoms with Crippen molar-refractivity contribution >= 4 is 39.1 Å². The molecule has 2 aromatic rings. The minimum atomic E-state index is 0.163. The topological polar surface area (TPSA) is 21.3 Å². The minimum absolute atomic E-state index is 0.163. The minimum Gasteiger partial charge on any atom is -0.455 e. The third kappa shape index (κ3) is 3.67. The van der Waals surface area contributed by atoms with E-state index in [0.717, 1.165) is 15.8 Å². The fraction of sp³-hybridized carbons (Fsp3) is 0.200. The van der Waals surface area contributed by atoms with Gasteiger partial charge in [0.05, 0.1) is 5.02 Å². The molecule has 0 aliphatic heterocycles. The second-order valence-electron chi connectivity index (χ2n) is 4.37. The maximum Gasteiger partial charge on any atom is 0.147 e. The standard InChI is InChI=1S/C15H14BrCl2NO/c1-9(19-2)12-5-3-10(16)7-14(12)20-15-8-11(17)4-6-13(15)18/h3-9,19H,1-2H3. The summed E-state index contributed by atoms with van der Waals surface area (Å²) < 4.78 is 6.88. The van der Waals surface area contributed by atoms with Gasteiger partial charge in [0, 0.05) is 27.2 Å². The van der Waals surface area contributed by atoms with E-state index in [0.29, 0.717) is 15.8 Å². The smallest absolute Gasteiger partial charge is 0.147 e. The molecule has 0 heterocycles. The molecule has 0 saturated heterocycles. The summed E-state index contributed by atoms with van der Waals surface area (Å²) in [6.45, 7) is 2.07. The van der Waals surface area contributed by atoms with Crippen LogP contribution in [0.2, 0.25) is 10.0 Å². The number of halogens is 3. The van der Waals surface area contributed by atoms with Gasteiger partial charge < -0.3 is 10.1 Å². The Balaban J connectivity index is 2.41. The van der Waals surface area contributed by atoms with E-state index in [1.165, 1.54) is 0 Å². The second-order valence-corrected chi connectivity index (χ2v) is 6.13. The number of hydrogen-bond donors (Lipinski definition) is 1. The van der Waals surface area contributed by atoms with Gasteiger partial charge >= 0.3 is 0 Å². The molecule has 0 aliphatic carbocycles. The molecule has 0 aliphatic rings. The van der Waals surface area contributed by atoms with Gasteiger partial charge in [0.15, 0.2) is 0 Å². The third-order valence-electron chi connectivity index (χ3n) is 2.99. The lowest BCUT2D eigenvalue weighted by Crippen LogP contribution is -2.13. The molecule has 2 nitrogen and oxygen atoms in total. The predicted molar refractivity (Wildman–Crippen MR) is 88.2 cm³/mol. The molecule has 0 bridgehead atoms. The van der Waals surface area contributed by atoms with Crippen LogP contribution in [-0.4, -0.2) is 7.05 Å². The molecular formula is C15H14BrCl2NO. The maximum absolute atomic E-state index is 6.14. The van der Waals surface area contributed by atoms with E-state index in [1.807, 2.05) is 25.2 Å². The van der Waals surface area contributed by atoms with Gasteiger partial charge in [0.2, 0.25) is 0 Å². The summed E-state index contributed by atoms with van der Waals surface area (Å²) in [4.78, 5) is 0. The Morgan fingerprint density at radius 3 is 2.55 bits per heavy atom. The van der Waals surface area contributed by atoms with Crippen molar-refractivity contribution in [3.8, 4) is 11.5 Å². The first-order chi connectivity index (χ1) is 9.51. The zero-order chi connectivity index (χ0) is 14.7. The summed E-state index contributed by atoms with van der Waals surface area (Å²) in [7, 11) is 1.91. The zero-order valence-electron chi connectivity index (χ0n) is 11.1. The fourth-order valence-electron chi connectivity index (χ4n) is 1.78. The van der Waals surface area contributed by atoms with Crippen LogP contribution >= 0.6 is 39.1 Å². The van der Waals surface area contributed by atoms with Crippen LogP contribution in [0.25, 0.3) is 0 Å². The van der Waals surface area contributed by atoms with Gasteiger partial charge in [0.1, 0.15) is 11.5 Å². The van der Waals surface area contributed by atoms with E-state index < -0.39 is 0 Å². The Kier molecular flexibility index (Phi) is 5.33. The highest BCUT2D eigenvalue weighted by Gasteiger charge is 2.13. The highest BCUT2D eigenvalue weighted by molar-refractivity contribution is 9.10. The molecule has 5 heteroatoms. The quantitative estimate of drug-likeness (QED) is 0.726. The Morgan fingerprint density at radius 1 is 1.10 bits per heavy atom. The van der Waals surface area contributed by atoms with Crippen molar-refractivity contribution in [1.82, 2.24) is 5.32 Å². The van der Waals surface area contributed by atoms with Crippen LogP contribution in [0.15, 0.2) is 40.9 Å². The third-order valence-corrected chi connectivity index (χ3v) is 4.03. The maximum atomic E-state index is 6.14. The number of ether oxygens (including phenoxy) is 1. The van der Waals surface area contributed by atoms with E-state index in [1.54, 1.807) is 18.2 Å². The molecule has 1 unspecified atom stereocenters. The van der Waals surface area contributed by atoms with Crippen LogP contribution in [-0.2, 0) is 0 Å². The van der Waals surface area contributed by atoms with Gasteiger partial charge in [-0.25, -0.2) is 0 Å². The van der Waals surface area contributed by atoms with Crippen LogP contribution in [0.3, 0.4) is 0 Å². The number of benzene rings is 2. The van der Waals surface area contributed by atoms with Crippen molar-refractivity contribution in [2.75, 3.05) is 7.05 Å². The number of nitrogens with one attached hydrogen (secondary N) is 1. The number of rotatable bonds is 4. The van der Waals surface area contributed by atoms with Crippen molar-refractivity contribution in [1.29, 1.82) is 0 Å². The molecule has 106 valence electrons. The Labute approximate surface area is 137 Å². The highest BCUT2D eigenvalue weighted by Crippen LogP contribution is 2.36. The fourth-order valence-corrected chi connectivity index (χ4v) is 2.44. The SMILES string of the molecule is CNC(C)c1ccc(Br)cc1Oc1cc(Cl)ccc1Cl. The van der Waals surface area contributed by atoms with Gasteiger partial charge in [0.25, 0.3) is 0 Å². The lowest BCUT2D eigenvalue weighted by atomic mass is 10.1. The molecule has 0 radical (unpaired) electrons. The first-order valence-corrected chi connectivity index (χ1v) is 7.65. The summed E-state index contributed by atoms with van der Waals surface area (Å²) in [6.07, 6.45) is 0. The summed E-state index contributed by atoms with van der Waals surface area (Å²) in [5.74, 6) is 1.28. The van der Waals surface area contributed by atoms with Gasteiger partial charge in [-0.05, 0) is 38.2 Å². The van der Waals surface area contributed by atoms with Gasteiger partial charge in [-0.1, -0.05) is 45.2 Å². The average molecular weight is 375 g/mol. The monoisotopic (exact) mass is 373 g/mol. The first-order valence-electron chi connectivity index (χ1n) is 6.11. The van der Waals surface area contributed by atoms with E-state index >= 15 is 0 Å². The largest absolute Gasteiger partial charge is 0.455 e. The summed E-state index contributed by atoms with van der Waals surface area (Å²) in [6, 6.07) is 11.2. The molecule has 0 spiro atoms. The van der Waals surface area contributed by atoms with Gasteiger partial charge in [-0.3, -0.25) is 0 Å². The van der Waals surface area contributed by atoms with Crippen molar-refractivity contribution < 1.29 is 4.74 Å². The molecule has 1 atom stereocenters. The van der Waals surface area contributed by atoms with Crippen LogP contribution in [0.4, 0.5) is 0 Å². The Morgan fingerprint density at radius 2 is 1.85 bits per heavy atom. The van der Waals surface area contributed by atoms with E-state index in [4.69, 9.17) is 27.9 Å². The van der Waals surface area contributed by atoms with Gasteiger partial charge in [-0.2, -0.15) is 0 Å². The summed E-state index contributed by atoms with van der Waals surface area (Å²) in [5, 5.41) is 4.31. The Hall–Kier alpha value is -0.740. The van der Waals surface area contributed by atoms with Gasteiger partial charge in [-0.15, -0.1) is 0 Å². The lowest BCUT2D eigenvalue weighted by molar-refractivity contribution is 0.466. The molecule has 1 N–H and O–H groups in total. The van der Waals surface area contributed by atoms with E-state index in [-0.39, 0.29) is 6.04 Å². The predicted octanol–water partition coefficient (Wildman–Crippen LogP) is 5.83. The average Bonchev–Trinajstić information content (AvgIpc) is 2.42. The van der Waals surface area contributed by atoms with Crippen LogP contribution < -0.4 is 10.1 Å². The van der Waals surface area contributed by atoms with Crippen molar-refractivity contribution in [2.45, 2.75) is 13.0 Å².